The molecule has 8 nitrogen and oxygen atoms in total. The predicted molar refractivity (Wildman–Crippen MR) is 91.9 cm³/mol. The molecule has 2 N–H and O–H groups in total. The number of carbonyl (C=O) groups is 1. The van der Waals surface area contributed by atoms with Crippen LogP contribution in [0.15, 0.2) is 41.1 Å². The molecule has 0 saturated carbocycles. The first-order chi connectivity index (χ1) is 13.3. The summed E-state index contributed by atoms with van der Waals surface area (Å²) in [6.07, 6.45) is 1.51. The van der Waals surface area contributed by atoms with E-state index in [1.54, 1.807) is 37.3 Å². The summed E-state index contributed by atoms with van der Waals surface area (Å²) >= 11 is 0. The number of pyridine rings is 1. The normalized spacial score (nSPS) is 12.6. The number of carbonyl (C=O) groups excluding carboxylic acids is 1. The van der Waals surface area contributed by atoms with E-state index in [0.717, 1.165) is 0 Å². The molecular formula is C17H17N5O3. The third-order valence-corrected chi connectivity index (χ3v) is 3.42. The Kier molecular flexibility index (Phi) is 3.62. The van der Waals surface area contributed by atoms with Crippen molar-refractivity contribution in [2.75, 3.05) is 19.4 Å². The van der Waals surface area contributed by atoms with Gasteiger partial charge in [-0.2, -0.15) is 4.98 Å². The standard InChI is InChI=1S/C17H17N5O3/c1-10-20-16(22-25-10)11-6-4-8-13(14(11)24-3)21-15-12(17(23)18-2)7-5-9-19-15/h4-9H,1-3H3,(H,18,23)(H,19,21)/i3D3. The van der Waals surface area contributed by atoms with E-state index in [1.165, 1.54) is 13.2 Å². The second-order valence-electron chi connectivity index (χ2n) is 5.03. The number of amides is 1. The van der Waals surface area contributed by atoms with Gasteiger partial charge >= 0.3 is 0 Å². The Hall–Kier alpha value is -3.42. The largest absolute Gasteiger partial charge is 0.494 e. The molecule has 1 amide bonds. The summed E-state index contributed by atoms with van der Waals surface area (Å²) in [6.45, 7) is 1.62. The molecule has 3 rings (SSSR count). The van der Waals surface area contributed by atoms with E-state index in [9.17, 15) is 4.79 Å². The molecule has 2 heterocycles. The number of ether oxygens (including phenoxy) is 1. The van der Waals surface area contributed by atoms with Crippen LogP contribution in [-0.2, 0) is 0 Å². The molecule has 0 bridgehead atoms. The summed E-state index contributed by atoms with van der Waals surface area (Å²) in [6, 6.07) is 8.08. The molecule has 0 saturated heterocycles. The van der Waals surface area contributed by atoms with E-state index in [2.05, 4.69) is 25.8 Å². The van der Waals surface area contributed by atoms with Crippen molar-refractivity contribution in [2.45, 2.75) is 6.92 Å². The van der Waals surface area contributed by atoms with Gasteiger partial charge in [0, 0.05) is 20.2 Å². The predicted octanol–water partition coefficient (Wildman–Crippen LogP) is 2.55. The third-order valence-electron chi connectivity index (χ3n) is 3.42. The Labute approximate surface area is 148 Å². The number of hydrogen-bond acceptors (Lipinski definition) is 7. The Morgan fingerprint density at radius 2 is 2.20 bits per heavy atom. The highest BCUT2D eigenvalue weighted by molar-refractivity contribution is 5.99. The zero-order chi connectivity index (χ0) is 20.3. The van der Waals surface area contributed by atoms with Crippen molar-refractivity contribution < 1.29 is 18.2 Å². The number of benzene rings is 1. The lowest BCUT2D eigenvalue weighted by molar-refractivity contribution is 0.0963. The van der Waals surface area contributed by atoms with E-state index in [0.29, 0.717) is 11.5 Å². The Balaban J connectivity index is 2.10. The lowest BCUT2D eigenvalue weighted by Crippen LogP contribution is -2.19. The van der Waals surface area contributed by atoms with Crippen molar-refractivity contribution in [1.82, 2.24) is 20.4 Å². The molecule has 0 aliphatic carbocycles. The van der Waals surface area contributed by atoms with Crippen LogP contribution in [0.1, 0.15) is 20.4 Å². The fourth-order valence-corrected chi connectivity index (χ4v) is 2.28. The molecular weight excluding hydrogens is 322 g/mol. The molecule has 3 aromatic rings. The van der Waals surface area contributed by atoms with E-state index in [-0.39, 0.29) is 34.5 Å². The summed E-state index contributed by atoms with van der Waals surface area (Å²) in [4.78, 5) is 20.4. The number of methoxy groups -OCH3 is 1. The quantitative estimate of drug-likeness (QED) is 0.734. The first kappa shape index (κ1) is 12.9. The monoisotopic (exact) mass is 342 g/mol. The number of nitrogens with one attached hydrogen (secondary N) is 2. The first-order valence-electron chi connectivity index (χ1n) is 8.85. The highest BCUT2D eigenvalue weighted by Gasteiger charge is 2.17. The van der Waals surface area contributed by atoms with Crippen LogP contribution in [0, 0.1) is 6.92 Å². The Morgan fingerprint density at radius 3 is 2.92 bits per heavy atom. The number of aryl methyl sites for hydroxylation is 1. The van der Waals surface area contributed by atoms with Gasteiger partial charge in [-0.1, -0.05) is 11.2 Å². The van der Waals surface area contributed by atoms with Gasteiger partial charge < -0.3 is 19.9 Å². The number of nitrogens with zero attached hydrogens (tertiary/aromatic N) is 3. The van der Waals surface area contributed by atoms with Crippen molar-refractivity contribution in [3.8, 4) is 17.1 Å². The third kappa shape index (κ3) is 3.27. The maximum absolute atomic E-state index is 12.1. The summed E-state index contributed by atoms with van der Waals surface area (Å²) in [7, 11) is -1.22. The van der Waals surface area contributed by atoms with Gasteiger partial charge in [0.1, 0.15) is 5.82 Å². The first-order valence-corrected chi connectivity index (χ1v) is 7.35. The van der Waals surface area contributed by atoms with Crippen LogP contribution in [0.2, 0.25) is 0 Å². The fraction of sp³-hybridized carbons (Fsp3) is 0.176. The summed E-state index contributed by atoms with van der Waals surface area (Å²) in [5, 5.41) is 9.32. The fourth-order valence-electron chi connectivity index (χ4n) is 2.28. The highest BCUT2D eigenvalue weighted by atomic mass is 16.5. The second kappa shape index (κ2) is 7.00. The molecule has 0 unspecified atom stereocenters. The number of para-hydroxylation sites is 1. The molecule has 128 valence electrons. The van der Waals surface area contributed by atoms with Gasteiger partial charge in [0.25, 0.3) is 5.91 Å². The number of aromatic nitrogens is 3. The molecule has 1 aromatic carbocycles. The van der Waals surface area contributed by atoms with Gasteiger partial charge in [-0.15, -0.1) is 0 Å². The smallest absolute Gasteiger partial charge is 0.254 e. The average molecular weight is 342 g/mol. The van der Waals surface area contributed by atoms with E-state index in [4.69, 9.17) is 13.4 Å². The number of hydrogen-bond donors (Lipinski definition) is 2. The maximum atomic E-state index is 12.1. The minimum absolute atomic E-state index is 0.0168. The van der Waals surface area contributed by atoms with Crippen LogP contribution in [-0.4, -0.2) is 35.1 Å². The van der Waals surface area contributed by atoms with E-state index >= 15 is 0 Å². The molecule has 0 aliphatic rings. The minimum atomic E-state index is -2.72. The summed E-state index contributed by atoms with van der Waals surface area (Å²) in [5.41, 5.74) is 0.876. The number of rotatable bonds is 5. The van der Waals surface area contributed by atoms with Gasteiger partial charge in [-0.3, -0.25) is 4.79 Å². The lowest BCUT2D eigenvalue weighted by Gasteiger charge is -2.14. The second-order valence-corrected chi connectivity index (χ2v) is 5.03. The van der Waals surface area contributed by atoms with Crippen LogP contribution in [0.4, 0.5) is 11.5 Å². The topological polar surface area (TPSA) is 102 Å². The molecule has 0 atom stereocenters. The Bertz CT molecular complexity index is 1000. The zero-order valence-corrected chi connectivity index (χ0v) is 13.5. The average Bonchev–Trinajstić information content (AvgIpc) is 3.08. The van der Waals surface area contributed by atoms with Crippen LogP contribution in [0.5, 0.6) is 5.75 Å². The zero-order valence-electron chi connectivity index (χ0n) is 16.5. The van der Waals surface area contributed by atoms with Gasteiger partial charge in [0.05, 0.1) is 28.0 Å². The van der Waals surface area contributed by atoms with Crippen molar-refractivity contribution in [2.24, 2.45) is 0 Å². The van der Waals surface area contributed by atoms with Crippen molar-refractivity contribution in [3.63, 3.8) is 0 Å². The van der Waals surface area contributed by atoms with Crippen molar-refractivity contribution in [1.29, 1.82) is 0 Å². The number of anilines is 2. The summed E-state index contributed by atoms with van der Waals surface area (Å²) < 4.78 is 32.7. The van der Waals surface area contributed by atoms with Gasteiger partial charge in [0.2, 0.25) is 11.7 Å². The molecule has 0 aliphatic heterocycles. The van der Waals surface area contributed by atoms with Crippen LogP contribution < -0.4 is 15.4 Å². The summed E-state index contributed by atoms with van der Waals surface area (Å²) in [5.74, 6) is 0.363. The van der Waals surface area contributed by atoms with Crippen LogP contribution in [0.3, 0.4) is 0 Å². The van der Waals surface area contributed by atoms with E-state index in [1.807, 2.05) is 0 Å². The Morgan fingerprint density at radius 1 is 1.32 bits per heavy atom. The van der Waals surface area contributed by atoms with Gasteiger partial charge in [0.15, 0.2) is 5.75 Å². The molecule has 8 heteroatoms. The highest BCUT2D eigenvalue weighted by Crippen LogP contribution is 2.36. The molecule has 25 heavy (non-hydrogen) atoms. The lowest BCUT2D eigenvalue weighted by atomic mass is 10.1. The molecule has 2 aromatic heterocycles. The van der Waals surface area contributed by atoms with Crippen molar-refractivity contribution >= 4 is 17.4 Å². The van der Waals surface area contributed by atoms with Gasteiger partial charge in [-0.05, 0) is 24.3 Å². The minimum Gasteiger partial charge on any atom is -0.494 e. The molecule has 0 fully saturated rings. The van der Waals surface area contributed by atoms with Gasteiger partial charge in [-0.25, -0.2) is 4.98 Å². The molecule has 0 radical (unpaired) electrons. The maximum Gasteiger partial charge on any atom is 0.254 e. The van der Waals surface area contributed by atoms with Crippen molar-refractivity contribution in [3.05, 3.63) is 48.0 Å². The SMILES string of the molecule is [2H]C([2H])([2H])Oc1c(Nc2ncccc2C(=O)NC)cccc1-c1noc(C)n1. The molecule has 0 spiro atoms. The van der Waals surface area contributed by atoms with Crippen LogP contribution in [0.25, 0.3) is 11.4 Å². The van der Waals surface area contributed by atoms with Crippen LogP contribution >= 0.6 is 0 Å². The van der Waals surface area contributed by atoms with E-state index < -0.39 is 7.04 Å².